The number of hydrogen-bond acceptors (Lipinski definition) is 5. The Kier molecular flexibility index (Phi) is 4.50. The molecule has 0 aliphatic heterocycles. The Morgan fingerprint density at radius 1 is 1.22 bits per heavy atom. The van der Waals surface area contributed by atoms with Gasteiger partial charge in [0.05, 0.1) is 22.0 Å². The molecule has 9 heteroatoms. The van der Waals surface area contributed by atoms with Crippen LogP contribution in [0.4, 0.5) is 0 Å². The van der Waals surface area contributed by atoms with Gasteiger partial charge in [0.15, 0.2) is 9.84 Å². The molecule has 0 fully saturated rings. The Morgan fingerprint density at radius 3 is 2.33 bits per heavy atom. The molecule has 0 aromatic heterocycles. The number of nitrogens with zero attached hydrogens (tertiary/aromatic N) is 1. The van der Waals surface area contributed by atoms with E-state index in [1.807, 2.05) is 0 Å². The topological polar surface area (TPSA) is 118 Å². The molecule has 0 spiro atoms. The van der Waals surface area contributed by atoms with E-state index in [1.165, 1.54) is 18.2 Å². The number of hydrogen-bond donors (Lipinski definition) is 1. The highest BCUT2D eigenvalue weighted by Crippen LogP contribution is 2.21. The van der Waals surface area contributed by atoms with Crippen LogP contribution in [0.5, 0.6) is 0 Å². The van der Waals surface area contributed by atoms with Crippen LogP contribution in [0.15, 0.2) is 27.6 Å². The van der Waals surface area contributed by atoms with Crippen LogP contribution in [0.2, 0.25) is 0 Å². The highest BCUT2D eigenvalue weighted by Gasteiger charge is 2.21. The smallest absolute Gasteiger partial charge is 0.210 e. The van der Waals surface area contributed by atoms with Gasteiger partial charge < -0.3 is 0 Å². The minimum atomic E-state index is -3.87. The molecule has 0 saturated heterocycles. The van der Waals surface area contributed by atoms with Gasteiger partial charge >= 0.3 is 0 Å². The van der Waals surface area contributed by atoms with Gasteiger partial charge in [-0.25, -0.2) is 22.0 Å². The van der Waals surface area contributed by atoms with Crippen molar-refractivity contribution in [1.29, 1.82) is 5.26 Å². The summed E-state index contributed by atoms with van der Waals surface area (Å²) in [7, 11) is -7.74. The van der Waals surface area contributed by atoms with Gasteiger partial charge in [-0.3, -0.25) is 0 Å². The number of halogens is 1. The van der Waals surface area contributed by atoms with Gasteiger partial charge in [-0.05, 0) is 18.2 Å². The largest absolute Gasteiger partial charge is 0.229 e. The normalized spacial score (nSPS) is 12.1. The first-order valence-electron chi connectivity index (χ1n) is 4.58. The number of primary sulfonamides is 1. The maximum Gasteiger partial charge on any atom is 0.210 e. The third kappa shape index (κ3) is 4.06. The second-order valence-electron chi connectivity index (χ2n) is 3.44. The summed E-state index contributed by atoms with van der Waals surface area (Å²) in [5, 5.41) is 13.6. The fourth-order valence-corrected chi connectivity index (χ4v) is 4.48. The second kappa shape index (κ2) is 5.36. The summed E-state index contributed by atoms with van der Waals surface area (Å²) in [5.74, 6) is -1.34. The number of benzene rings is 1. The van der Waals surface area contributed by atoms with Gasteiger partial charge in [-0.2, -0.15) is 5.26 Å². The van der Waals surface area contributed by atoms with E-state index < -0.39 is 31.4 Å². The maximum absolute atomic E-state index is 11.9. The zero-order chi connectivity index (χ0) is 14.0. The van der Waals surface area contributed by atoms with Crippen LogP contribution in [0.3, 0.4) is 0 Å². The van der Waals surface area contributed by atoms with Crippen molar-refractivity contribution in [3.63, 3.8) is 0 Å². The third-order valence-corrected chi connectivity index (χ3v) is 5.31. The lowest BCUT2D eigenvalue weighted by atomic mass is 10.2. The van der Waals surface area contributed by atoms with Crippen molar-refractivity contribution < 1.29 is 16.8 Å². The van der Waals surface area contributed by atoms with Crippen molar-refractivity contribution in [1.82, 2.24) is 0 Å². The predicted molar refractivity (Wildman–Crippen MR) is 68.9 cm³/mol. The second-order valence-corrected chi connectivity index (χ2v) is 8.17. The Balaban J connectivity index is 3.21. The van der Waals surface area contributed by atoms with Gasteiger partial charge in [0, 0.05) is 4.47 Å². The van der Waals surface area contributed by atoms with Crippen LogP contribution >= 0.6 is 15.9 Å². The molecule has 0 unspecified atom stereocenters. The van der Waals surface area contributed by atoms with Crippen LogP contribution < -0.4 is 5.14 Å². The standard InChI is InChI=1S/C9H9BrN2O4S2/c10-8-2-1-7(6-11)9(5-8)17(13,14)3-4-18(12,15)16/h1-2,5H,3-4H2,(H2,12,15,16). The first kappa shape index (κ1) is 15.1. The van der Waals surface area contributed by atoms with E-state index in [2.05, 4.69) is 15.9 Å². The number of sulfonamides is 1. The molecule has 1 aromatic carbocycles. The van der Waals surface area contributed by atoms with Crippen LogP contribution in [-0.2, 0) is 19.9 Å². The van der Waals surface area contributed by atoms with Gasteiger partial charge in [0.25, 0.3) is 0 Å². The predicted octanol–water partition coefficient (Wildman–Crippen LogP) is 0.383. The van der Waals surface area contributed by atoms with Crippen molar-refractivity contribution in [2.24, 2.45) is 5.14 Å². The van der Waals surface area contributed by atoms with E-state index in [1.54, 1.807) is 6.07 Å². The van der Waals surface area contributed by atoms with Gasteiger partial charge in [0.1, 0.15) is 6.07 Å². The van der Waals surface area contributed by atoms with E-state index in [0.717, 1.165) is 0 Å². The molecular formula is C9H9BrN2O4S2. The Labute approximate surface area is 114 Å². The molecule has 0 saturated carbocycles. The summed E-state index contributed by atoms with van der Waals surface area (Å²) < 4.78 is 45.9. The van der Waals surface area contributed by atoms with E-state index in [4.69, 9.17) is 10.4 Å². The monoisotopic (exact) mass is 352 g/mol. The van der Waals surface area contributed by atoms with Crippen molar-refractivity contribution in [2.45, 2.75) is 4.90 Å². The molecule has 0 heterocycles. The number of sulfone groups is 1. The summed E-state index contributed by atoms with van der Waals surface area (Å²) in [6, 6.07) is 5.87. The van der Waals surface area contributed by atoms with Crippen LogP contribution in [0.25, 0.3) is 0 Å². The molecule has 0 bridgehead atoms. The SMILES string of the molecule is N#Cc1ccc(Br)cc1S(=O)(=O)CCS(N)(=O)=O. The van der Waals surface area contributed by atoms with Crippen LogP contribution in [0, 0.1) is 11.3 Å². The van der Waals surface area contributed by atoms with Gasteiger partial charge in [0.2, 0.25) is 10.0 Å². The molecule has 1 aromatic rings. The van der Waals surface area contributed by atoms with Crippen molar-refractivity contribution >= 4 is 35.8 Å². The fraction of sp³-hybridized carbons (Fsp3) is 0.222. The minimum Gasteiger partial charge on any atom is -0.229 e. The highest BCUT2D eigenvalue weighted by molar-refractivity contribution is 9.10. The summed E-state index contributed by atoms with van der Waals surface area (Å²) in [5.41, 5.74) is -0.0346. The maximum atomic E-state index is 11.9. The first-order chi connectivity index (χ1) is 8.15. The average molecular weight is 353 g/mol. The Bertz CT molecular complexity index is 705. The third-order valence-electron chi connectivity index (χ3n) is 2.04. The van der Waals surface area contributed by atoms with Crippen LogP contribution in [0.1, 0.15) is 5.56 Å². The minimum absolute atomic E-state index is 0.0346. The van der Waals surface area contributed by atoms with Gasteiger partial charge in [-0.1, -0.05) is 15.9 Å². The number of rotatable bonds is 4. The van der Waals surface area contributed by atoms with E-state index in [-0.39, 0.29) is 10.5 Å². The van der Waals surface area contributed by atoms with Crippen LogP contribution in [-0.4, -0.2) is 28.3 Å². The number of nitriles is 1. The molecular weight excluding hydrogens is 344 g/mol. The lowest BCUT2D eigenvalue weighted by Gasteiger charge is -2.06. The van der Waals surface area contributed by atoms with E-state index in [0.29, 0.717) is 4.47 Å². The lowest BCUT2D eigenvalue weighted by Crippen LogP contribution is -2.23. The zero-order valence-corrected chi connectivity index (χ0v) is 12.2. The molecule has 0 radical (unpaired) electrons. The first-order valence-corrected chi connectivity index (χ1v) is 8.75. The average Bonchev–Trinajstić information content (AvgIpc) is 2.26. The molecule has 0 atom stereocenters. The molecule has 18 heavy (non-hydrogen) atoms. The highest BCUT2D eigenvalue weighted by atomic mass is 79.9. The quantitative estimate of drug-likeness (QED) is 0.840. The summed E-state index contributed by atoms with van der Waals surface area (Å²) in [6.07, 6.45) is 0. The van der Waals surface area contributed by atoms with Gasteiger partial charge in [-0.15, -0.1) is 0 Å². The fourth-order valence-electron chi connectivity index (χ4n) is 1.18. The Morgan fingerprint density at radius 2 is 1.83 bits per heavy atom. The molecule has 98 valence electrons. The summed E-state index contributed by atoms with van der Waals surface area (Å²) in [6.45, 7) is 0. The molecule has 6 nitrogen and oxygen atoms in total. The molecule has 0 aliphatic carbocycles. The molecule has 2 N–H and O–H groups in total. The van der Waals surface area contributed by atoms with Crippen molar-refractivity contribution in [3.05, 3.63) is 28.2 Å². The molecule has 0 aliphatic rings. The summed E-state index contributed by atoms with van der Waals surface area (Å²) in [4.78, 5) is -0.206. The lowest BCUT2D eigenvalue weighted by molar-refractivity contribution is 0.588. The summed E-state index contributed by atoms with van der Waals surface area (Å²) >= 11 is 3.09. The zero-order valence-electron chi connectivity index (χ0n) is 9.00. The number of nitrogens with two attached hydrogens (primary N) is 1. The molecule has 1 rings (SSSR count). The van der Waals surface area contributed by atoms with E-state index in [9.17, 15) is 16.8 Å². The van der Waals surface area contributed by atoms with E-state index >= 15 is 0 Å². The van der Waals surface area contributed by atoms with Crippen molar-refractivity contribution in [2.75, 3.05) is 11.5 Å². The molecule has 0 amide bonds. The Hall–Kier alpha value is -0.950. The van der Waals surface area contributed by atoms with Crippen molar-refractivity contribution in [3.8, 4) is 6.07 Å².